The Kier molecular flexibility index (Phi) is 4.03. The van der Waals surface area contributed by atoms with Crippen LogP contribution in [0.3, 0.4) is 0 Å². The van der Waals surface area contributed by atoms with Crippen LogP contribution in [0.25, 0.3) is 6.08 Å². The molecule has 0 amide bonds. The lowest BCUT2D eigenvalue weighted by Crippen LogP contribution is -2.37. The summed E-state index contributed by atoms with van der Waals surface area (Å²) in [5.41, 5.74) is 5.68. The summed E-state index contributed by atoms with van der Waals surface area (Å²) in [5, 5.41) is 2.48. The van der Waals surface area contributed by atoms with Crippen LogP contribution < -0.4 is 5.73 Å². The van der Waals surface area contributed by atoms with E-state index in [2.05, 4.69) is 38.2 Å². The Morgan fingerprint density at radius 2 is 2.14 bits per heavy atom. The summed E-state index contributed by atoms with van der Waals surface area (Å²) in [7, 11) is 0.234. The number of nitrogens with two attached hydrogens (primary N) is 1. The SMILES string of the molecule is NCCN1CCC(=S2C=CC3CCn4ccnc4C=C32)CC1. The fourth-order valence-electron chi connectivity index (χ4n) is 3.67. The van der Waals surface area contributed by atoms with E-state index in [0.717, 1.165) is 25.5 Å². The number of imidazole rings is 1. The Morgan fingerprint density at radius 1 is 1.27 bits per heavy atom. The van der Waals surface area contributed by atoms with Crippen molar-refractivity contribution >= 4 is 21.4 Å². The number of likely N-dealkylation sites (tertiary alicyclic amines) is 1. The van der Waals surface area contributed by atoms with E-state index in [1.807, 2.05) is 6.20 Å². The first-order valence-electron chi connectivity index (χ1n) is 8.26. The lowest BCUT2D eigenvalue weighted by Gasteiger charge is -2.29. The van der Waals surface area contributed by atoms with E-state index in [1.165, 1.54) is 32.4 Å². The first-order chi connectivity index (χ1) is 10.8. The van der Waals surface area contributed by atoms with Crippen LogP contribution in [0.15, 0.2) is 28.8 Å². The van der Waals surface area contributed by atoms with Crippen LogP contribution in [0.1, 0.15) is 25.1 Å². The van der Waals surface area contributed by atoms with Gasteiger partial charge in [-0.1, -0.05) is 6.08 Å². The van der Waals surface area contributed by atoms with Gasteiger partial charge in [0.05, 0.1) is 0 Å². The molecule has 0 spiro atoms. The Hall–Kier alpha value is -1.17. The minimum atomic E-state index is 0.234. The average molecular weight is 316 g/mol. The molecule has 0 saturated carbocycles. The van der Waals surface area contributed by atoms with Crippen LogP contribution in [0.5, 0.6) is 0 Å². The number of nitrogens with zero attached hydrogens (tertiary/aromatic N) is 3. The van der Waals surface area contributed by atoms with Gasteiger partial charge in [-0.3, -0.25) is 0 Å². The zero-order valence-electron chi connectivity index (χ0n) is 12.9. The maximum Gasteiger partial charge on any atom is 0.133 e. The second-order valence-corrected chi connectivity index (χ2v) is 8.25. The van der Waals surface area contributed by atoms with Crippen molar-refractivity contribution < 1.29 is 0 Å². The van der Waals surface area contributed by atoms with Crippen molar-refractivity contribution in [3.8, 4) is 0 Å². The Balaban J connectivity index is 1.61. The summed E-state index contributed by atoms with van der Waals surface area (Å²) in [6.07, 6.45) is 12.5. The molecule has 22 heavy (non-hydrogen) atoms. The molecule has 3 aliphatic heterocycles. The smallest absolute Gasteiger partial charge is 0.133 e. The highest BCUT2D eigenvalue weighted by molar-refractivity contribution is 8.22. The van der Waals surface area contributed by atoms with Gasteiger partial charge in [0.25, 0.3) is 0 Å². The highest BCUT2D eigenvalue weighted by Crippen LogP contribution is 2.46. The second kappa shape index (κ2) is 6.14. The van der Waals surface area contributed by atoms with Gasteiger partial charge in [0.2, 0.25) is 0 Å². The average Bonchev–Trinajstić information content (AvgIpc) is 3.11. The predicted molar refractivity (Wildman–Crippen MR) is 94.8 cm³/mol. The Bertz CT molecular complexity index is 645. The molecule has 118 valence electrons. The number of hydrogen-bond donors (Lipinski definition) is 1. The molecular weight excluding hydrogens is 292 g/mol. The fourth-order valence-corrected chi connectivity index (χ4v) is 6.07. The molecule has 3 aliphatic rings. The predicted octanol–water partition coefficient (Wildman–Crippen LogP) is 2.27. The molecule has 0 aliphatic carbocycles. The molecule has 1 saturated heterocycles. The van der Waals surface area contributed by atoms with Crippen molar-refractivity contribution in [1.29, 1.82) is 0 Å². The van der Waals surface area contributed by atoms with Gasteiger partial charge in [-0.2, -0.15) is 0 Å². The van der Waals surface area contributed by atoms with E-state index in [1.54, 1.807) is 9.77 Å². The zero-order valence-corrected chi connectivity index (χ0v) is 13.8. The Morgan fingerprint density at radius 3 is 2.95 bits per heavy atom. The van der Waals surface area contributed by atoms with E-state index in [0.29, 0.717) is 5.92 Å². The maximum atomic E-state index is 5.68. The van der Waals surface area contributed by atoms with Crippen molar-refractivity contribution in [1.82, 2.24) is 14.5 Å². The standard InChI is InChI=1S/C17H24N4S/c18-5-10-20-7-2-15(3-8-20)22-12-4-14-1-9-21-11-6-19-17(21)13-16(14)22/h4,6,11-14H,1-3,5,7-10,18H2. The molecular formula is C17H24N4S. The minimum Gasteiger partial charge on any atom is -0.331 e. The first-order valence-corrected chi connectivity index (χ1v) is 9.55. The van der Waals surface area contributed by atoms with Gasteiger partial charge < -0.3 is 15.2 Å². The molecule has 1 aromatic heterocycles. The van der Waals surface area contributed by atoms with Gasteiger partial charge in [0, 0.05) is 51.0 Å². The van der Waals surface area contributed by atoms with Crippen molar-refractivity contribution in [3.05, 3.63) is 34.6 Å². The van der Waals surface area contributed by atoms with E-state index >= 15 is 0 Å². The number of rotatable bonds is 2. The quantitative estimate of drug-likeness (QED) is 0.852. The molecule has 0 aromatic carbocycles. The largest absolute Gasteiger partial charge is 0.331 e. The van der Waals surface area contributed by atoms with Gasteiger partial charge in [-0.25, -0.2) is 4.98 Å². The highest BCUT2D eigenvalue weighted by atomic mass is 32.2. The molecule has 0 radical (unpaired) electrons. The molecule has 4 nitrogen and oxygen atoms in total. The molecule has 1 fully saturated rings. The van der Waals surface area contributed by atoms with E-state index in [4.69, 9.17) is 5.73 Å². The number of aromatic nitrogens is 2. The molecule has 2 atom stereocenters. The summed E-state index contributed by atoms with van der Waals surface area (Å²) < 4.78 is 2.29. The summed E-state index contributed by atoms with van der Waals surface area (Å²) in [5.74, 6) is 1.76. The van der Waals surface area contributed by atoms with Crippen molar-refractivity contribution in [3.63, 3.8) is 0 Å². The maximum absolute atomic E-state index is 5.68. The number of aryl methyl sites for hydroxylation is 1. The molecule has 1 aromatic rings. The third kappa shape index (κ3) is 2.62. The normalized spacial score (nSPS) is 28.2. The van der Waals surface area contributed by atoms with Gasteiger partial charge in [0.15, 0.2) is 0 Å². The minimum absolute atomic E-state index is 0.234. The van der Waals surface area contributed by atoms with Gasteiger partial charge in [0.1, 0.15) is 5.82 Å². The van der Waals surface area contributed by atoms with E-state index in [-0.39, 0.29) is 10.5 Å². The highest BCUT2D eigenvalue weighted by Gasteiger charge is 2.26. The van der Waals surface area contributed by atoms with E-state index < -0.39 is 0 Å². The topological polar surface area (TPSA) is 47.1 Å². The number of allylic oxidation sites excluding steroid dienone is 2. The molecule has 2 N–H and O–H groups in total. The van der Waals surface area contributed by atoms with Crippen molar-refractivity contribution in [2.24, 2.45) is 11.7 Å². The monoisotopic (exact) mass is 316 g/mol. The molecule has 4 rings (SSSR count). The van der Waals surface area contributed by atoms with Crippen LogP contribution in [0, 0.1) is 5.92 Å². The lowest BCUT2D eigenvalue weighted by molar-refractivity contribution is 0.284. The van der Waals surface area contributed by atoms with Crippen molar-refractivity contribution in [2.45, 2.75) is 25.8 Å². The summed E-state index contributed by atoms with van der Waals surface area (Å²) in [4.78, 5) is 10.4. The van der Waals surface area contributed by atoms with Crippen LogP contribution in [0.2, 0.25) is 0 Å². The van der Waals surface area contributed by atoms with Gasteiger partial charge >= 0.3 is 0 Å². The third-order valence-electron chi connectivity index (χ3n) is 4.94. The van der Waals surface area contributed by atoms with Crippen LogP contribution >= 0.6 is 10.5 Å². The molecule has 0 bridgehead atoms. The first kappa shape index (κ1) is 14.4. The van der Waals surface area contributed by atoms with Crippen LogP contribution in [0.4, 0.5) is 0 Å². The van der Waals surface area contributed by atoms with E-state index in [9.17, 15) is 0 Å². The summed E-state index contributed by atoms with van der Waals surface area (Å²) in [6.45, 7) is 5.25. The fraction of sp³-hybridized carbons (Fsp3) is 0.529. The summed E-state index contributed by atoms with van der Waals surface area (Å²) in [6, 6.07) is 0. The Labute approximate surface area is 134 Å². The van der Waals surface area contributed by atoms with Crippen LogP contribution in [-0.2, 0) is 6.54 Å². The lowest BCUT2D eigenvalue weighted by atomic mass is 10.1. The second-order valence-electron chi connectivity index (χ2n) is 6.26. The number of fused-ring (bicyclic) bond motifs is 2. The van der Waals surface area contributed by atoms with Gasteiger partial charge in [-0.15, -0.1) is 10.5 Å². The van der Waals surface area contributed by atoms with Gasteiger partial charge in [-0.05, 0) is 40.5 Å². The molecule has 4 heterocycles. The third-order valence-corrected chi connectivity index (χ3v) is 7.32. The zero-order chi connectivity index (χ0) is 14.9. The molecule has 2 unspecified atom stereocenters. The van der Waals surface area contributed by atoms with Crippen molar-refractivity contribution in [2.75, 3.05) is 26.2 Å². The number of piperidine rings is 1. The van der Waals surface area contributed by atoms with Crippen LogP contribution in [-0.4, -0.2) is 45.5 Å². The molecule has 5 heteroatoms. The summed E-state index contributed by atoms with van der Waals surface area (Å²) >= 11 is 0. The number of hydrogen-bond acceptors (Lipinski definition) is 3.